The normalized spacial score (nSPS) is 13.3. The largest absolute Gasteiger partial charge is 0.362 e. The first-order valence-electron chi connectivity index (χ1n) is 9.91. The summed E-state index contributed by atoms with van der Waals surface area (Å²) >= 11 is 0. The molecule has 0 radical (unpaired) electrons. The zero-order valence-electron chi connectivity index (χ0n) is 16.8. The Morgan fingerprint density at radius 1 is 1.28 bits per heavy atom. The van der Waals surface area contributed by atoms with E-state index in [4.69, 9.17) is 5.73 Å². The maximum atomic E-state index is 12.9. The van der Waals surface area contributed by atoms with Gasteiger partial charge in [0, 0.05) is 24.3 Å². The number of hydrogen-bond donors (Lipinski definition) is 3. The van der Waals surface area contributed by atoms with E-state index in [1.54, 1.807) is 0 Å². The van der Waals surface area contributed by atoms with Gasteiger partial charge in [0.15, 0.2) is 5.82 Å². The minimum atomic E-state index is -0.0601. The standard InChI is InChI=1S/C22H26N6O/c1-14-8-9-18(22-24-15(2)26-27-22)19(11-14)25-21(29)13-28-10-4-6-17-16(12-23)5-3-7-20(17)28/h3,5,7-9,11H,4,6,10,12-13,23H2,1-2H3,(H,25,29)(H,24,26,27). The van der Waals surface area contributed by atoms with E-state index in [2.05, 4.69) is 37.5 Å². The molecule has 7 nitrogen and oxygen atoms in total. The topological polar surface area (TPSA) is 99.9 Å². The van der Waals surface area contributed by atoms with Crippen molar-refractivity contribution in [1.82, 2.24) is 15.2 Å². The smallest absolute Gasteiger partial charge is 0.243 e. The molecule has 0 bridgehead atoms. The molecule has 4 rings (SSSR count). The molecule has 1 amide bonds. The summed E-state index contributed by atoms with van der Waals surface area (Å²) in [6.45, 7) is 5.52. The van der Waals surface area contributed by atoms with E-state index in [0.29, 0.717) is 18.9 Å². The number of H-pyrrole nitrogens is 1. The lowest BCUT2D eigenvalue weighted by Gasteiger charge is -2.32. The van der Waals surface area contributed by atoms with Crippen molar-refractivity contribution in [2.75, 3.05) is 23.3 Å². The van der Waals surface area contributed by atoms with Crippen LogP contribution in [-0.4, -0.2) is 34.2 Å². The number of carbonyl (C=O) groups excluding carboxylic acids is 1. The molecule has 0 unspecified atom stereocenters. The van der Waals surface area contributed by atoms with Crippen LogP contribution in [0.2, 0.25) is 0 Å². The van der Waals surface area contributed by atoms with Gasteiger partial charge < -0.3 is 16.0 Å². The second kappa shape index (κ2) is 8.05. The first kappa shape index (κ1) is 19.1. The number of hydrogen-bond acceptors (Lipinski definition) is 5. The molecule has 0 aliphatic carbocycles. The van der Waals surface area contributed by atoms with E-state index in [1.807, 2.05) is 38.1 Å². The van der Waals surface area contributed by atoms with Crippen molar-refractivity contribution >= 4 is 17.3 Å². The van der Waals surface area contributed by atoms with E-state index in [0.717, 1.165) is 53.3 Å². The number of nitrogens with zero attached hydrogens (tertiary/aromatic N) is 3. The van der Waals surface area contributed by atoms with Gasteiger partial charge in [-0.15, -0.1) is 0 Å². The molecule has 0 fully saturated rings. The molecule has 1 aliphatic heterocycles. The zero-order valence-corrected chi connectivity index (χ0v) is 16.8. The number of aryl methyl sites for hydroxylation is 2. The molecule has 2 heterocycles. The summed E-state index contributed by atoms with van der Waals surface area (Å²) in [5, 5.41) is 10.2. The Kier molecular flexibility index (Phi) is 5.31. The lowest BCUT2D eigenvalue weighted by atomic mass is 9.96. The fourth-order valence-electron chi connectivity index (χ4n) is 3.91. The Balaban J connectivity index is 1.56. The average molecular weight is 390 g/mol. The van der Waals surface area contributed by atoms with Gasteiger partial charge in [0.05, 0.1) is 12.2 Å². The van der Waals surface area contributed by atoms with Gasteiger partial charge in [-0.2, -0.15) is 5.10 Å². The van der Waals surface area contributed by atoms with Crippen molar-refractivity contribution in [3.63, 3.8) is 0 Å². The number of benzene rings is 2. The second-order valence-electron chi connectivity index (χ2n) is 7.49. The molecule has 0 saturated heterocycles. The molecule has 1 aliphatic rings. The van der Waals surface area contributed by atoms with Crippen molar-refractivity contribution < 1.29 is 4.79 Å². The van der Waals surface area contributed by atoms with Gasteiger partial charge >= 0.3 is 0 Å². The summed E-state index contributed by atoms with van der Waals surface area (Å²) in [6, 6.07) is 12.1. The van der Waals surface area contributed by atoms with Crippen LogP contribution in [0.5, 0.6) is 0 Å². The predicted octanol–water partition coefficient (Wildman–Crippen LogP) is 2.94. The maximum Gasteiger partial charge on any atom is 0.243 e. The van der Waals surface area contributed by atoms with Crippen LogP contribution < -0.4 is 16.0 Å². The average Bonchev–Trinajstić information content (AvgIpc) is 3.14. The molecule has 150 valence electrons. The Morgan fingerprint density at radius 2 is 2.14 bits per heavy atom. The van der Waals surface area contributed by atoms with Crippen LogP contribution in [0.3, 0.4) is 0 Å². The molecule has 4 N–H and O–H groups in total. The zero-order chi connectivity index (χ0) is 20.4. The van der Waals surface area contributed by atoms with E-state index >= 15 is 0 Å². The van der Waals surface area contributed by atoms with E-state index in [1.165, 1.54) is 5.56 Å². The molecule has 0 atom stereocenters. The number of carbonyl (C=O) groups is 1. The SMILES string of the molecule is Cc1ccc(-c2n[nH]c(C)n2)c(NC(=O)CN2CCCc3c(CN)cccc32)c1. The van der Waals surface area contributed by atoms with Gasteiger partial charge in [-0.3, -0.25) is 9.89 Å². The van der Waals surface area contributed by atoms with Gasteiger partial charge in [-0.05, 0) is 61.6 Å². The van der Waals surface area contributed by atoms with Crippen LogP contribution in [-0.2, 0) is 17.8 Å². The summed E-state index contributed by atoms with van der Waals surface area (Å²) in [6.07, 6.45) is 2.02. The minimum Gasteiger partial charge on any atom is -0.362 e. The Bertz CT molecular complexity index is 1040. The lowest BCUT2D eigenvalue weighted by molar-refractivity contribution is -0.115. The van der Waals surface area contributed by atoms with Gasteiger partial charge in [-0.25, -0.2) is 4.98 Å². The number of aromatic amines is 1. The Labute approximate surface area is 170 Å². The fourth-order valence-corrected chi connectivity index (χ4v) is 3.91. The predicted molar refractivity (Wildman–Crippen MR) is 115 cm³/mol. The third-order valence-corrected chi connectivity index (χ3v) is 5.29. The lowest BCUT2D eigenvalue weighted by Crippen LogP contribution is -2.37. The van der Waals surface area contributed by atoms with Crippen LogP contribution in [0.1, 0.15) is 28.9 Å². The number of nitrogens with one attached hydrogen (secondary N) is 2. The molecule has 2 aromatic carbocycles. The maximum absolute atomic E-state index is 12.9. The van der Waals surface area contributed by atoms with Crippen LogP contribution in [0.4, 0.5) is 11.4 Å². The van der Waals surface area contributed by atoms with Gasteiger partial charge in [0.2, 0.25) is 5.91 Å². The quantitative estimate of drug-likeness (QED) is 0.622. The van der Waals surface area contributed by atoms with Gasteiger partial charge in [0.1, 0.15) is 5.82 Å². The Morgan fingerprint density at radius 3 is 2.90 bits per heavy atom. The number of nitrogens with two attached hydrogens (primary N) is 1. The Hall–Kier alpha value is -3.19. The highest BCUT2D eigenvalue weighted by molar-refractivity contribution is 5.97. The summed E-state index contributed by atoms with van der Waals surface area (Å²) < 4.78 is 0. The number of aromatic nitrogens is 3. The first-order chi connectivity index (χ1) is 14.0. The molecule has 7 heteroatoms. The molecule has 29 heavy (non-hydrogen) atoms. The van der Waals surface area contributed by atoms with Crippen molar-refractivity contribution in [3.8, 4) is 11.4 Å². The van der Waals surface area contributed by atoms with E-state index in [9.17, 15) is 4.79 Å². The third kappa shape index (κ3) is 4.00. The molecular weight excluding hydrogens is 364 g/mol. The fraction of sp³-hybridized carbons (Fsp3) is 0.318. The number of amides is 1. The molecular formula is C22H26N6O. The minimum absolute atomic E-state index is 0.0601. The van der Waals surface area contributed by atoms with E-state index < -0.39 is 0 Å². The molecule has 3 aromatic rings. The van der Waals surface area contributed by atoms with Crippen molar-refractivity contribution in [2.24, 2.45) is 5.73 Å². The van der Waals surface area contributed by atoms with Gasteiger partial charge in [0.25, 0.3) is 0 Å². The monoisotopic (exact) mass is 390 g/mol. The summed E-state index contributed by atoms with van der Waals surface area (Å²) in [7, 11) is 0. The highest BCUT2D eigenvalue weighted by Gasteiger charge is 2.21. The second-order valence-corrected chi connectivity index (χ2v) is 7.49. The number of rotatable bonds is 5. The van der Waals surface area contributed by atoms with Gasteiger partial charge in [-0.1, -0.05) is 18.2 Å². The first-order valence-corrected chi connectivity index (χ1v) is 9.91. The van der Waals surface area contributed by atoms with Crippen molar-refractivity contribution in [1.29, 1.82) is 0 Å². The summed E-state index contributed by atoms with van der Waals surface area (Å²) in [4.78, 5) is 19.5. The highest BCUT2D eigenvalue weighted by atomic mass is 16.2. The van der Waals surface area contributed by atoms with E-state index in [-0.39, 0.29) is 5.91 Å². The van der Waals surface area contributed by atoms with Crippen molar-refractivity contribution in [2.45, 2.75) is 33.2 Å². The highest BCUT2D eigenvalue weighted by Crippen LogP contribution is 2.30. The molecule has 0 saturated carbocycles. The molecule has 0 spiro atoms. The molecule has 1 aromatic heterocycles. The van der Waals surface area contributed by atoms with Crippen LogP contribution in [0, 0.1) is 13.8 Å². The van der Waals surface area contributed by atoms with Crippen LogP contribution in [0.25, 0.3) is 11.4 Å². The van der Waals surface area contributed by atoms with Crippen LogP contribution >= 0.6 is 0 Å². The van der Waals surface area contributed by atoms with Crippen LogP contribution in [0.15, 0.2) is 36.4 Å². The summed E-state index contributed by atoms with van der Waals surface area (Å²) in [5.41, 5.74) is 12.0. The third-order valence-electron chi connectivity index (χ3n) is 5.29. The van der Waals surface area contributed by atoms with Crippen molar-refractivity contribution in [3.05, 3.63) is 58.9 Å². The summed E-state index contributed by atoms with van der Waals surface area (Å²) in [5.74, 6) is 1.25. The number of anilines is 2. The number of fused-ring (bicyclic) bond motifs is 1.